The molecule has 0 aromatic carbocycles. The third kappa shape index (κ3) is 9.48. The highest BCUT2D eigenvalue weighted by Gasteiger charge is 2.18. The van der Waals surface area contributed by atoms with Crippen LogP contribution in [0.15, 0.2) is 12.2 Å². The number of carbonyl (C=O) groups excluding carboxylic acids is 3. The Morgan fingerprint density at radius 3 is 1.95 bits per heavy atom. The van der Waals surface area contributed by atoms with Crippen LogP contribution < -0.4 is 5.32 Å². The summed E-state index contributed by atoms with van der Waals surface area (Å²) < 4.78 is 14.4. The van der Waals surface area contributed by atoms with Gasteiger partial charge < -0.3 is 19.5 Å². The van der Waals surface area contributed by atoms with E-state index in [0.717, 1.165) is 12.2 Å². The molecule has 1 N–H and O–H groups in total. The Morgan fingerprint density at radius 1 is 0.952 bits per heavy atom. The molecule has 120 valence electrons. The third-order valence-corrected chi connectivity index (χ3v) is 2.43. The van der Waals surface area contributed by atoms with Crippen molar-refractivity contribution < 1.29 is 28.6 Å². The number of hydrogen-bond donors (Lipinski definition) is 1. The fraction of sp³-hybridized carbons (Fsp3) is 0.643. The Hall–Kier alpha value is -2.05. The monoisotopic (exact) mass is 301 g/mol. The summed E-state index contributed by atoms with van der Waals surface area (Å²) in [5.41, 5.74) is 0. The van der Waals surface area contributed by atoms with E-state index in [0.29, 0.717) is 0 Å². The summed E-state index contributed by atoms with van der Waals surface area (Å²) in [6.45, 7) is 7.60. The van der Waals surface area contributed by atoms with Crippen molar-refractivity contribution in [3.05, 3.63) is 12.2 Å². The van der Waals surface area contributed by atoms with Crippen LogP contribution in [-0.2, 0) is 23.8 Å². The number of carbonyl (C=O) groups is 3. The first-order chi connectivity index (χ1) is 9.90. The summed E-state index contributed by atoms with van der Waals surface area (Å²) in [5, 5.41) is 2.60. The molecule has 0 rings (SSSR count). The van der Waals surface area contributed by atoms with Crippen LogP contribution in [0.25, 0.3) is 0 Å². The van der Waals surface area contributed by atoms with Crippen molar-refractivity contribution in [3.63, 3.8) is 0 Å². The fourth-order valence-corrected chi connectivity index (χ4v) is 1.27. The van der Waals surface area contributed by atoms with E-state index in [-0.39, 0.29) is 31.8 Å². The lowest BCUT2D eigenvalue weighted by molar-refractivity contribution is -0.140. The molecule has 0 bridgehead atoms. The summed E-state index contributed by atoms with van der Waals surface area (Å²) in [4.78, 5) is 33.8. The number of amides is 1. The third-order valence-electron chi connectivity index (χ3n) is 2.43. The van der Waals surface area contributed by atoms with Crippen LogP contribution in [0.1, 0.15) is 27.7 Å². The van der Waals surface area contributed by atoms with E-state index in [2.05, 4.69) is 10.1 Å². The van der Waals surface area contributed by atoms with Gasteiger partial charge in [-0.3, -0.25) is 0 Å². The highest BCUT2D eigenvalue weighted by Crippen LogP contribution is 2.03. The second kappa shape index (κ2) is 10.7. The first-order valence-electron chi connectivity index (χ1n) is 6.85. The Balaban J connectivity index is 4.26. The van der Waals surface area contributed by atoms with Crippen LogP contribution in [0.5, 0.6) is 0 Å². The predicted octanol–water partition coefficient (Wildman–Crippen LogP) is 1.42. The summed E-state index contributed by atoms with van der Waals surface area (Å²) >= 11 is 0. The van der Waals surface area contributed by atoms with Crippen LogP contribution in [-0.4, -0.2) is 43.9 Å². The Kier molecular flexibility index (Phi) is 9.66. The lowest BCUT2D eigenvalue weighted by Gasteiger charge is -2.21. The highest BCUT2D eigenvalue weighted by atomic mass is 16.6. The van der Waals surface area contributed by atoms with Gasteiger partial charge in [-0.15, -0.1) is 0 Å². The van der Waals surface area contributed by atoms with Gasteiger partial charge in [0.1, 0.15) is 6.61 Å². The molecule has 0 radical (unpaired) electrons. The summed E-state index contributed by atoms with van der Waals surface area (Å²) in [6, 6.07) is -0.371. The molecule has 0 aromatic heterocycles. The quantitative estimate of drug-likeness (QED) is 0.414. The molecule has 0 heterocycles. The molecule has 0 aliphatic rings. The number of esters is 2. The molecule has 0 saturated carbocycles. The molecule has 21 heavy (non-hydrogen) atoms. The zero-order valence-corrected chi connectivity index (χ0v) is 12.9. The minimum absolute atomic E-state index is 0.0114. The molecule has 0 fully saturated rings. The van der Waals surface area contributed by atoms with Gasteiger partial charge in [-0.25, -0.2) is 14.4 Å². The van der Waals surface area contributed by atoms with Gasteiger partial charge in [-0.1, -0.05) is 13.8 Å². The number of rotatable bonds is 8. The lowest BCUT2D eigenvalue weighted by atomic mass is 10.1. The number of ether oxygens (including phenoxy) is 3. The molecular weight excluding hydrogens is 278 g/mol. The molecule has 7 nitrogen and oxygen atoms in total. The molecular formula is C14H23NO6. The van der Waals surface area contributed by atoms with E-state index in [4.69, 9.17) is 9.47 Å². The molecule has 1 atom stereocenters. The van der Waals surface area contributed by atoms with Crippen LogP contribution in [0, 0.1) is 5.92 Å². The van der Waals surface area contributed by atoms with Crippen LogP contribution >= 0.6 is 0 Å². The van der Waals surface area contributed by atoms with Crippen molar-refractivity contribution in [3.8, 4) is 0 Å². The molecule has 7 heteroatoms. The largest absolute Gasteiger partial charge is 0.463 e. The van der Waals surface area contributed by atoms with Crippen molar-refractivity contribution in [1.29, 1.82) is 0 Å². The Bertz CT molecular complexity index is 378. The molecule has 0 saturated heterocycles. The average Bonchev–Trinajstić information content (AvgIpc) is 2.41. The van der Waals surface area contributed by atoms with Gasteiger partial charge >= 0.3 is 18.0 Å². The van der Waals surface area contributed by atoms with Crippen molar-refractivity contribution >= 4 is 18.0 Å². The van der Waals surface area contributed by atoms with E-state index >= 15 is 0 Å². The number of alkyl carbamates (subject to hydrolysis) is 1. The first kappa shape index (κ1) is 18.9. The molecule has 0 spiro atoms. The lowest BCUT2D eigenvalue weighted by Crippen LogP contribution is -2.42. The van der Waals surface area contributed by atoms with Crippen molar-refractivity contribution in [2.75, 3.05) is 19.8 Å². The second-order valence-corrected chi connectivity index (χ2v) is 4.43. The predicted molar refractivity (Wildman–Crippen MR) is 75.5 cm³/mol. The van der Waals surface area contributed by atoms with Gasteiger partial charge in [0.15, 0.2) is 0 Å². The first-order valence-corrected chi connectivity index (χ1v) is 6.85. The SMILES string of the molecule is CCOC(=O)/C=C/C(=O)OC[C@@H](NC(=O)OCC)C(C)C. The summed E-state index contributed by atoms with van der Waals surface area (Å²) in [5.74, 6) is -1.24. The van der Waals surface area contributed by atoms with Crippen LogP contribution in [0.4, 0.5) is 4.79 Å². The minimum atomic E-state index is -0.681. The topological polar surface area (TPSA) is 90.9 Å². The maximum atomic E-state index is 11.4. The van der Waals surface area contributed by atoms with Gasteiger partial charge in [0, 0.05) is 12.2 Å². The molecule has 0 aliphatic carbocycles. The van der Waals surface area contributed by atoms with E-state index in [1.54, 1.807) is 13.8 Å². The van der Waals surface area contributed by atoms with Gasteiger partial charge in [-0.2, -0.15) is 0 Å². The Morgan fingerprint density at radius 2 is 1.48 bits per heavy atom. The number of hydrogen-bond acceptors (Lipinski definition) is 6. The van der Waals surface area contributed by atoms with Gasteiger partial charge in [0.25, 0.3) is 0 Å². The average molecular weight is 301 g/mol. The normalized spacial score (nSPS) is 12.0. The van der Waals surface area contributed by atoms with E-state index in [1.807, 2.05) is 13.8 Å². The summed E-state index contributed by atoms with van der Waals surface area (Å²) in [7, 11) is 0. The smallest absolute Gasteiger partial charge is 0.407 e. The van der Waals surface area contributed by atoms with Crippen molar-refractivity contribution in [2.24, 2.45) is 5.92 Å². The molecule has 0 unspecified atom stereocenters. The zero-order valence-electron chi connectivity index (χ0n) is 12.9. The van der Waals surface area contributed by atoms with Gasteiger partial charge in [0.05, 0.1) is 19.3 Å². The van der Waals surface area contributed by atoms with E-state index in [9.17, 15) is 14.4 Å². The second-order valence-electron chi connectivity index (χ2n) is 4.43. The maximum absolute atomic E-state index is 11.4. The molecule has 1 amide bonds. The zero-order chi connectivity index (χ0) is 16.3. The van der Waals surface area contributed by atoms with E-state index in [1.165, 1.54) is 0 Å². The maximum Gasteiger partial charge on any atom is 0.407 e. The van der Waals surface area contributed by atoms with Crippen LogP contribution in [0.2, 0.25) is 0 Å². The van der Waals surface area contributed by atoms with Crippen LogP contribution in [0.3, 0.4) is 0 Å². The molecule has 0 aliphatic heterocycles. The summed E-state index contributed by atoms with van der Waals surface area (Å²) in [6.07, 6.45) is 1.42. The van der Waals surface area contributed by atoms with Crippen molar-refractivity contribution in [1.82, 2.24) is 5.32 Å². The fourth-order valence-electron chi connectivity index (χ4n) is 1.27. The minimum Gasteiger partial charge on any atom is -0.463 e. The highest BCUT2D eigenvalue weighted by molar-refractivity contribution is 5.91. The van der Waals surface area contributed by atoms with Crippen molar-refractivity contribution in [2.45, 2.75) is 33.7 Å². The Labute approximate surface area is 124 Å². The van der Waals surface area contributed by atoms with Gasteiger partial charge in [0.2, 0.25) is 0 Å². The standard InChI is InChI=1S/C14H23NO6/c1-5-19-12(16)7-8-13(17)21-9-11(10(3)4)15-14(18)20-6-2/h7-8,10-11H,5-6,9H2,1-4H3,(H,15,18)/b8-7+/t11-/m1/s1. The van der Waals surface area contributed by atoms with Gasteiger partial charge in [-0.05, 0) is 19.8 Å². The number of nitrogens with one attached hydrogen (secondary N) is 1. The molecule has 0 aromatic rings. The van der Waals surface area contributed by atoms with E-state index < -0.39 is 18.0 Å².